The van der Waals surface area contributed by atoms with Crippen molar-refractivity contribution < 1.29 is 9.18 Å². The number of piperazine rings is 1. The third kappa shape index (κ3) is 2.62. The van der Waals surface area contributed by atoms with Crippen LogP contribution in [0, 0.1) is 5.82 Å². The SMILES string of the molecule is NNC(=O)N1CCN(c2ccc(F)cn2)CC1. The molecule has 1 aliphatic rings. The zero-order valence-corrected chi connectivity index (χ0v) is 9.27. The minimum atomic E-state index is -0.352. The summed E-state index contributed by atoms with van der Waals surface area (Å²) in [5.41, 5.74) is 2.10. The Kier molecular flexibility index (Phi) is 3.38. The van der Waals surface area contributed by atoms with Crippen LogP contribution in [0.5, 0.6) is 0 Å². The third-order valence-electron chi connectivity index (χ3n) is 2.73. The minimum Gasteiger partial charge on any atom is -0.353 e. The highest BCUT2D eigenvalue weighted by molar-refractivity contribution is 5.73. The maximum absolute atomic E-state index is 12.7. The molecule has 0 aromatic carbocycles. The second-order valence-electron chi connectivity index (χ2n) is 3.76. The first kappa shape index (κ1) is 11.6. The average Bonchev–Trinajstić information content (AvgIpc) is 2.39. The van der Waals surface area contributed by atoms with E-state index in [0.717, 1.165) is 5.82 Å². The lowest BCUT2D eigenvalue weighted by Gasteiger charge is -2.34. The highest BCUT2D eigenvalue weighted by Crippen LogP contribution is 2.13. The van der Waals surface area contributed by atoms with Crippen LogP contribution in [0.1, 0.15) is 0 Å². The van der Waals surface area contributed by atoms with Crippen LogP contribution in [0.25, 0.3) is 0 Å². The molecule has 1 aromatic heterocycles. The van der Waals surface area contributed by atoms with Crippen LogP contribution in [0.15, 0.2) is 18.3 Å². The van der Waals surface area contributed by atoms with Crippen molar-refractivity contribution in [3.05, 3.63) is 24.1 Å². The Morgan fingerprint density at radius 2 is 2.06 bits per heavy atom. The van der Waals surface area contributed by atoms with Gasteiger partial charge in [0.05, 0.1) is 6.20 Å². The number of pyridine rings is 1. The van der Waals surface area contributed by atoms with Gasteiger partial charge in [0.2, 0.25) is 0 Å². The molecule has 2 rings (SSSR count). The summed E-state index contributed by atoms with van der Waals surface area (Å²) in [5.74, 6) is 5.43. The standard InChI is InChI=1S/C10H14FN5O/c11-8-1-2-9(13-7-8)15-3-5-16(6-4-15)10(17)14-12/h1-2,7H,3-6,12H2,(H,14,17). The molecule has 3 N–H and O–H groups in total. The Balaban J connectivity index is 1.95. The number of rotatable bonds is 1. The summed E-state index contributed by atoms with van der Waals surface area (Å²) in [4.78, 5) is 18.9. The van der Waals surface area contributed by atoms with Crippen molar-refractivity contribution in [3.8, 4) is 0 Å². The van der Waals surface area contributed by atoms with Crippen molar-refractivity contribution in [2.24, 2.45) is 5.84 Å². The zero-order chi connectivity index (χ0) is 12.3. The van der Waals surface area contributed by atoms with Gasteiger partial charge in [-0.25, -0.2) is 20.0 Å². The van der Waals surface area contributed by atoms with Gasteiger partial charge in [-0.3, -0.25) is 5.43 Å². The van der Waals surface area contributed by atoms with E-state index < -0.39 is 0 Å². The van der Waals surface area contributed by atoms with Gasteiger partial charge in [0.25, 0.3) is 0 Å². The molecule has 0 spiro atoms. The number of aromatic nitrogens is 1. The van der Waals surface area contributed by atoms with Gasteiger partial charge in [-0.2, -0.15) is 0 Å². The van der Waals surface area contributed by atoms with Crippen LogP contribution in [0.2, 0.25) is 0 Å². The number of hydrogen-bond acceptors (Lipinski definition) is 4. The van der Waals surface area contributed by atoms with Crippen molar-refractivity contribution in [2.45, 2.75) is 0 Å². The first-order valence-electron chi connectivity index (χ1n) is 5.33. The number of nitrogens with zero attached hydrogens (tertiary/aromatic N) is 3. The Labute approximate surface area is 98.2 Å². The van der Waals surface area contributed by atoms with E-state index in [0.29, 0.717) is 26.2 Å². The number of halogens is 1. The summed E-state index contributed by atoms with van der Waals surface area (Å²) in [5, 5.41) is 0. The van der Waals surface area contributed by atoms with E-state index in [1.165, 1.54) is 12.3 Å². The van der Waals surface area contributed by atoms with Gasteiger partial charge in [0, 0.05) is 26.2 Å². The number of hydrazine groups is 1. The summed E-state index contributed by atoms with van der Waals surface area (Å²) in [6.45, 7) is 2.46. The van der Waals surface area contributed by atoms with Crippen molar-refractivity contribution in [1.82, 2.24) is 15.3 Å². The van der Waals surface area contributed by atoms with Crippen LogP contribution < -0.4 is 16.2 Å². The largest absolute Gasteiger partial charge is 0.353 e. The predicted molar refractivity (Wildman–Crippen MR) is 60.7 cm³/mol. The lowest BCUT2D eigenvalue weighted by Crippen LogP contribution is -2.53. The molecule has 0 saturated carbocycles. The van der Waals surface area contributed by atoms with E-state index in [1.54, 1.807) is 11.0 Å². The molecule has 0 radical (unpaired) electrons. The average molecular weight is 239 g/mol. The fourth-order valence-corrected chi connectivity index (χ4v) is 1.78. The predicted octanol–water partition coefficient (Wildman–Crippen LogP) is -0.0740. The molecule has 0 unspecified atom stereocenters. The molecular formula is C10H14FN5O. The van der Waals surface area contributed by atoms with Crippen molar-refractivity contribution in [2.75, 3.05) is 31.1 Å². The summed E-state index contributed by atoms with van der Waals surface area (Å²) in [6.07, 6.45) is 1.19. The number of carbonyl (C=O) groups is 1. The number of carbonyl (C=O) groups excluding carboxylic acids is 1. The molecule has 92 valence electrons. The molecule has 0 atom stereocenters. The molecule has 0 aliphatic carbocycles. The number of anilines is 1. The summed E-state index contributed by atoms with van der Waals surface area (Å²) >= 11 is 0. The number of nitrogens with two attached hydrogens (primary N) is 1. The molecule has 1 aliphatic heterocycles. The van der Waals surface area contributed by atoms with Gasteiger partial charge < -0.3 is 9.80 Å². The topological polar surface area (TPSA) is 74.5 Å². The van der Waals surface area contributed by atoms with Gasteiger partial charge in [-0.1, -0.05) is 0 Å². The fourth-order valence-electron chi connectivity index (χ4n) is 1.78. The first-order valence-corrected chi connectivity index (χ1v) is 5.33. The molecule has 2 heterocycles. The number of urea groups is 1. The number of nitrogens with one attached hydrogen (secondary N) is 1. The van der Waals surface area contributed by atoms with Gasteiger partial charge in [0.1, 0.15) is 11.6 Å². The lowest BCUT2D eigenvalue weighted by molar-refractivity contribution is 0.194. The maximum atomic E-state index is 12.7. The molecule has 2 amide bonds. The fraction of sp³-hybridized carbons (Fsp3) is 0.400. The van der Waals surface area contributed by atoms with E-state index in [4.69, 9.17) is 5.84 Å². The van der Waals surface area contributed by atoms with E-state index >= 15 is 0 Å². The Hall–Kier alpha value is -1.89. The van der Waals surface area contributed by atoms with E-state index in [-0.39, 0.29) is 11.8 Å². The molecule has 6 nitrogen and oxygen atoms in total. The number of amides is 2. The maximum Gasteiger partial charge on any atom is 0.331 e. The lowest BCUT2D eigenvalue weighted by atomic mass is 10.3. The van der Waals surface area contributed by atoms with Crippen molar-refractivity contribution >= 4 is 11.8 Å². The van der Waals surface area contributed by atoms with Gasteiger partial charge >= 0.3 is 6.03 Å². The molecule has 1 saturated heterocycles. The van der Waals surface area contributed by atoms with Crippen LogP contribution >= 0.6 is 0 Å². The van der Waals surface area contributed by atoms with E-state index in [9.17, 15) is 9.18 Å². The Morgan fingerprint density at radius 1 is 1.35 bits per heavy atom. The molecule has 1 fully saturated rings. The van der Waals surface area contributed by atoms with E-state index in [2.05, 4.69) is 10.4 Å². The second kappa shape index (κ2) is 4.96. The first-order chi connectivity index (χ1) is 8.20. The normalized spacial score (nSPS) is 15.9. The van der Waals surface area contributed by atoms with Crippen LogP contribution in [0.4, 0.5) is 15.0 Å². The summed E-state index contributed by atoms with van der Waals surface area (Å²) in [7, 11) is 0. The van der Waals surface area contributed by atoms with Crippen molar-refractivity contribution in [3.63, 3.8) is 0 Å². The third-order valence-corrected chi connectivity index (χ3v) is 2.73. The summed E-state index contributed by atoms with van der Waals surface area (Å²) in [6, 6.07) is 2.73. The van der Waals surface area contributed by atoms with Gasteiger partial charge in [-0.05, 0) is 12.1 Å². The zero-order valence-electron chi connectivity index (χ0n) is 9.27. The minimum absolute atomic E-state index is 0.281. The highest BCUT2D eigenvalue weighted by Gasteiger charge is 2.20. The van der Waals surface area contributed by atoms with E-state index in [1.807, 2.05) is 4.90 Å². The quantitative estimate of drug-likeness (QED) is 0.408. The smallest absolute Gasteiger partial charge is 0.331 e. The van der Waals surface area contributed by atoms with Crippen LogP contribution in [-0.2, 0) is 0 Å². The van der Waals surface area contributed by atoms with Gasteiger partial charge in [-0.15, -0.1) is 0 Å². The molecular weight excluding hydrogens is 225 g/mol. The molecule has 1 aromatic rings. The van der Waals surface area contributed by atoms with Gasteiger partial charge in [0.15, 0.2) is 0 Å². The van der Waals surface area contributed by atoms with Crippen molar-refractivity contribution in [1.29, 1.82) is 0 Å². The van der Waals surface area contributed by atoms with Crippen LogP contribution in [-0.4, -0.2) is 42.1 Å². The second-order valence-corrected chi connectivity index (χ2v) is 3.76. The highest BCUT2D eigenvalue weighted by atomic mass is 19.1. The summed E-state index contributed by atoms with van der Waals surface area (Å²) < 4.78 is 12.7. The molecule has 17 heavy (non-hydrogen) atoms. The Morgan fingerprint density at radius 3 is 2.59 bits per heavy atom. The number of hydrogen-bond donors (Lipinski definition) is 2. The monoisotopic (exact) mass is 239 g/mol. The van der Waals surface area contributed by atoms with Crippen LogP contribution in [0.3, 0.4) is 0 Å². The molecule has 0 bridgehead atoms. The Bertz CT molecular complexity index is 388. The molecule has 7 heteroatoms.